The Morgan fingerprint density at radius 1 is 1.07 bits per heavy atom. The first-order chi connectivity index (χ1) is 20.1. The Hall–Kier alpha value is -4.95. The van der Waals surface area contributed by atoms with Crippen molar-refractivity contribution >= 4 is 39.4 Å². The van der Waals surface area contributed by atoms with Crippen molar-refractivity contribution in [3.05, 3.63) is 97.9 Å². The van der Waals surface area contributed by atoms with Crippen LogP contribution in [0.2, 0.25) is 0 Å². The van der Waals surface area contributed by atoms with Crippen LogP contribution in [0.4, 0.5) is 10.8 Å². The zero-order chi connectivity index (χ0) is 28.4. The van der Waals surface area contributed by atoms with E-state index in [1.807, 2.05) is 35.7 Å². The molecule has 0 fully saturated rings. The van der Waals surface area contributed by atoms with E-state index in [0.717, 1.165) is 11.1 Å². The van der Waals surface area contributed by atoms with E-state index in [1.54, 1.807) is 35.8 Å². The number of H-pyrrole nitrogens is 1. The lowest BCUT2D eigenvalue weighted by atomic mass is 10.1. The van der Waals surface area contributed by atoms with E-state index in [2.05, 4.69) is 40.6 Å². The molecular formula is C26H22N10O3S2. The van der Waals surface area contributed by atoms with E-state index in [4.69, 9.17) is 10.3 Å². The van der Waals surface area contributed by atoms with Gasteiger partial charge in [0.15, 0.2) is 5.69 Å². The normalized spacial score (nSPS) is 11.0. The number of azo groups is 1. The van der Waals surface area contributed by atoms with Gasteiger partial charge < -0.3 is 10.1 Å². The van der Waals surface area contributed by atoms with E-state index < -0.39 is 0 Å². The molecular weight excluding hydrogens is 564 g/mol. The molecule has 5 rings (SSSR count). The summed E-state index contributed by atoms with van der Waals surface area (Å²) in [7, 11) is 0. The van der Waals surface area contributed by atoms with Crippen molar-refractivity contribution < 1.29 is 9.53 Å². The van der Waals surface area contributed by atoms with Crippen LogP contribution in [0, 0.1) is 0 Å². The highest BCUT2D eigenvalue weighted by Gasteiger charge is 2.19. The summed E-state index contributed by atoms with van der Waals surface area (Å²) in [5.74, 6) is -0.236. The number of aromatic amines is 1. The van der Waals surface area contributed by atoms with Crippen molar-refractivity contribution in [2.24, 2.45) is 15.3 Å². The fourth-order valence-corrected chi connectivity index (χ4v) is 4.95. The Balaban J connectivity index is 1.32. The van der Waals surface area contributed by atoms with Crippen LogP contribution in [0.5, 0.6) is 0 Å². The maximum atomic E-state index is 13.4. The molecule has 5 aromatic rings. The van der Waals surface area contributed by atoms with Gasteiger partial charge in [-0.25, -0.2) is 9.97 Å². The van der Waals surface area contributed by atoms with Crippen LogP contribution >= 0.6 is 22.7 Å². The molecule has 2 N–H and O–H groups in total. The summed E-state index contributed by atoms with van der Waals surface area (Å²) in [5, 5.41) is 22.1. The van der Waals surface area contributed by atoms with Gasteiger partial charge in [-0.3, -0.25) is 14.7 Å². The summed E-state index contributed by atoms with van der Waals surface area (Å²) in [4.78, 5) is 37.2. The SMILES string of the molecule is [N-]=[N+]=NCCOCCNC(=O)c1ccc(-c2csc(-n3[nH]c(-c4ccccc4)c(N=Nc4nccs4)c3=O)n2)cc1. The van der Waals surface area contributed by atoms with E-state index in [-0.39, 0.29) is 23.7 Å². The number of carbonyl (C=O) groups is 1. The van der Waals surface area contributed by atoms with Crippen LogP contribution in [0.25, 0.3) is 38.1 Å². The second-order valence-electron chi connectivity index (χ2n) is 8.27. The molecule has 0 aliphatic rings. The summed E-state index contributed by atoms with van der Waals surface area (Å²) < 4.78 is 6.63. The van der Waals surface area contributed by atoms with E-state index >= 15 is 0 Å². The van der Waals surface area contributed by atoms with Crippen molar-refractivity contribution in [1.82, 2.24) is 25.1 Å². The Bertz CT molecular complexity index is 1740. The number of nitrogens with one attached hydrogen (secondary N) is 2. The number of hydrogen-bond acceptors (Lipinski definition) is 10. The number of amides is 1. The molecule has 2 aromatic carbocycles. The maximum Gasteiger partial charge on any atom is 0.301 e. The summed E-state index contributed by atoms with van der Waals surface area (Å²) >= 11 is 2.61. The lowest BCUT2D eigenvalue weighted by Gasteiger charge is -2.06. The third-order valence-corrected chi connectivity index (χ3v) is 7.12. The van der Waals surface area contributed by atoms with Crippen molar-refractivity contribution in [2.75, 3.05) is 26.3 Å². The number of rotatable bonds is 12. The van der Waals surface area contributed by atoms with Gasteiger partial charge >= 0.3 is 5.56 Å². The minimum atomic E-state index is -0.390. The van der Waals surface area contributed by atoms with Gasteiger partial charge in [-0.1, -0.05) is 47.6 Å². The number of carbonyl (C=O) groups excluding carboxylic acids is 1. The van der Waals surface area contributed by atoms with Gasteiger partial charge in [0.2, 0.25) is 10.3 Å². The monoisotopic (exact) mass is 586 g/mol. The minimum Gasteiger partial charge on any atom is -0.379 e. The fourth-order valence-electron chi connectivity index (χ4n) is 3.70. The van der Waals surface area contributed by atoms with Crippen molar-refractivity contribution in [3.8, 4) is 27.6 Å². The smallest absolute Gasteiger partial charge is 0.301 e. The number of hydrogen-bond donors (Lipinski definition) is 2. The van der Waals surface area contributed by atoms with Crippen LogP contribution in [-0.4, -0.2) is 52.0 Å². The zero-order valence-electron chi connectivity index (χ0n) is 21.4. The van der Waals surface area contributed by atoms with E-state index in [9.17, 15) is 9.59 Å². The summed E-state index contributed by atoms with van der Waals surface area (Å²) in [6.45, 7) is 1.18. The second-order valence-corrected chi connectivity index (χ2v) is 9.98. The first kappa shape index (κ1) is 27.6. The molecule has 13 nitrogen and oxygen atoms in total. The zero-order valence-corrected chi connectivity index (χ0v) is 23.0. The van der Waals surface area contributed by atoms with Crippen molar-refractivity contribution in [1.29, 1.82) is 0 Å². The van der Waals surface area contributed by atoms with Crippen molar-refractivity contribution in [2.45, 2.75) is 0 Å². The van der Waals surface area contributed by atoms with Gasteiger partial charge in [0.05, 0.1) is 24.6 Å². The van der Waals surface area contributed by atoms with Crippen molar-refractivity contribution in [3.63, 3.8) is 0 Å². The Morgan fingerprint density at radius 3 is 2.66 bits per heavy atom. The van der Waals surface area contributed by atoms with Gasteiger partial charge in [0.25, 0.3) is 5.91 Å². The molecule has 0 unspecified atom stereocenters. The molecule has 0 aliphatic carbocycles. The topological polar surface area (TPSA) is 175 Å². The molecule has 0 bridgehead atoms. The molecule has 0 aliphatic heterocycles. The molecule has 3 aromatic heterocycles. The average molecular weight is 587 g/mol. The Kier molecular flexibility index (Phi) is 9.03. The fraction of sp³-hybridized carbons (Fsp3) is 0.154. The standard InChI is InChI=1S/C26H22N10O3S2/c27-35-30-11-14-39-13-10-28-23(37)19-8-6-17(7-9-19)20-16-41-26(31-20)36-24(38)22(32-33-25-29-12-15-40-25)21(34-36)18-4-2-1-3-5-18/h1-9,12,15-16,34H,10-11,13-14H2,(H,28,37). The lowest BCUT2D eigenvalue weighted by Crippen LogP contribution is -2.27. The van der Waals surface area contributed by atoms with Gasteiger partial charge in [0.1, 0.15) is 0 Å². The number of nitrogens with zero attached hydrogens (tertiary/aromatic N) is 8. The number of aromatic nitrogens is 4. The molecule has 0 saturated carbocycles. The average Bonchev–Trinajstić information content (AvgIpc) is 3.77. The van der Waals surface area contributed by atoms with Gasteiger partial charge in [-0.05, 0) is 17.7 Å². The molecule has 1 amide bonds. The van der Waals surface area contributed by atoms with Crippen LogP contribution in [0.3, 0.4) is 0 Å². The summed E-state index contributed by atoms with van der Waals surface area (Å²) in [5.41, 5.74) is 11.2. The third kappa shape index (κ3) is 6.80. The Morgan fingerprint density at radius 2 is 1.90 bits per heavy atom. The summed E-state index contributed by atoms with van der Waals surface area (Å²) in [6.07, 6.45) is 1.62. The first-order valence-corrected chi connectivity index (χ1v) is 14.0. The molecule has 0 radical (unpaired) electrons. The molecule has 206 valence electrons. The van der Waals surface area contributed by atoms with E-state index in [1.165, 1.54) is 27.4 Å². The highest BCUT2D eigenvalue weighted by Crippen LogP contribution is 2.30. The number of benzene rings is 2. The number of azide groups is 1. The number of ether oxygens (including phenoxy) is 1. The van der Waals surface area contributed by atoms with Gasteiger partial charge in [-0.15, -0.1) is 32.9 Å². The predicted molar refractivity (Wildman–Crippen MR) is 156 cm³/mol. The third-order valence-electron chi connectivity index (χ3n) is 5.64. The maximum absolute atomic E-state index is 13.4. The lowest BCUT2D eigenvalue weighted by molar-refractivity contribution is 0.0920. The molecule has 15 heteroatoms. The Labute approximate surface area is 240 Å². The van der Waals surface area contributed by atoms with Gasteiger partial charge in [-0.2, -0.15) is 4.68 Å². The number of thiazole rings is 2. The van der Waals surface area contributed by atoms with Crippen LogP contribution in [0.15, 0.2) is 91.7 Å². The minimum absolute atomic E-state index is 0.152. The predicted octanol–water partition coefficient (Wildman–Crippen LogP) is 5.88. The molecule has 0 spiro atoms. The molecule has 3 heterocycles. The second kappa shape index (κ2) is 13.4. The summed E-state index contributed by atoms with van der Waals surface area (Å²) in [6, 6.07) is 16.4. The first-order valence-electron chi connectivity index (χ1n) is 12.3. The quantitative estimate of drug-likeness (QED) is 0.0801. The van der Waals surface area contributed by atoms with Crippen LogP contribution < -0.4 is 10.9 Å². The molecule has 41 heavy (non-hydrogen) atoms. The van der Waals surface area contributed by atoms with Crippen LogP contribution in [-0.2, 0) is 4.74 Å². The molecule has 0 atom stereocenters. The van der Waals surface area contributed by atoms with Crippen LogP contribution in [0.1, 0.15) is 10.4 Å². The highest BCUT2D eigenvalue weighted by atomic mass is 32.1. The van der Waals surface area contributed by atoms with E-state index in [0.29, 0.717) is 47.0 Å². The van der Waals surface area contributed by atoms with Gasteiger partial charge in [0, 0.05) is 51.6 Å². The molecule has 0 saturated heterocycles. The highest BCUT2D eigenvalue weighted by molar-refractivity contribution is 7.13. The largest absolute Gasteiger partial charge is 0.379 e.